The van der Waals surface area contributed by atoms with E-state index in [2.05, 4.69) is 10.6 Å². The van der Waals surface area contributed by atoms with E-state index in [-0.39, 0.29) is 6.04 Å². The van der Waals surface area contributed by atoms with Gasteiger partial charge >= 0.3 is 11.8 Å². The van der Waals surface area contributed by atoms with E-state index in [4.69, 9.17) is 11.6 Å². The summed E-state index contributed by atoms with van der Waals surface area (Å²) in [6, 6.07) is 14.9. The molecule has 0 aliphatic rings. The Morgan fingerprint density at radius 2 is 1.74 bits per heavy atom. The van der Waals surface area contributed by atoms with E-state index < -0.39 is 11.8 Å². The lowest BCUT2D eigenvalue weighted by atomic mass is 10.1. The van der Waals surface area contributed by atoms with Crippen LogP contribution < -0.4 is 20.4 Å². The monoisotopic (exact) mass is 389 g/mol. The predicted octanol–water partition coefficient (Wildman–Crippen LogP) is 1.35. The molecule has 0 aromatic heterocycles. The molecule has 0 bridgehead atoms. The maximum atomic E-state index is 12.2. The summed E-state index contributed by atoms with van der Waals surface area (Å²) >= 11 is 5.89. The molecule has 2 aromatic rings. The quantitative estimate of drug-likeness (QED) is 0.653. The van der Waals surface area contributed by atoms with E-state index >= 15 is 0 Å². The fourth-order valence-electron chi connectivity index (χ4n) is 2.69. The molecule has 0 saturated heterocycles. The van der Waals surface area contributed by atoms with Crippen LogP contribution in [0.25, 0.3) is 0 Å². The molecular weight excluding hydrogens is 364 g/mol. The van der Waals surface area contributed by atoms with Crippen molar-refractivity contribution in [2.45, 2.75) is 6.04 Å². The van der Waals surface area contributed by atoms with Crippen LogP contribution in [0.2, 0.25) is 5.02 Å². The minimum absolute atomic E-state index is 0.0316. The number of benzene rings is 2. The van der Waals surface area contributed by atoms with Gasteiger partial charge in [0.05, 0.1) is 20.6 Å². The summed E-state index contributed by atoms with van der Waals surface area (Å²) in [6.45, 7) is 0.353. The van der Waals surface area contributed by atoms with Crippen LogP contribution in [-0.4, -0.2) is 46.5 Å². The number of rotatable bonds is 6. The molecule has 2 rings (SSSR count). The molecule has 1 atom stereocenters. The number of nitrogens with zero attached hydrogens (tertiary/aromatic N) is 1. The lowest BCUT2D eigenvalue weighted by Crippen LogP contribution is -3.07. The zero-order chi connectivity index (χ0) is 20.0. The number of likely N-dealkylation sites (N-methyl/N-ethyl adjacent to an activating group) is 1. The molecule has 27 heavy (non-hydrogen) atoms. The first-order valence-corrected chi connectivity index (χ1v) is 9.08. The Kier molecular flexibility index (Phi) is 7.21. The maximum absolute atomic E-state index is 12.2. The first-order chi connectivity index (χ1) is 12.8. The predicted molar refractivity (Wildman–Crippen MR) is 109 cm³/mol. The summed E-state index contributed by atoms with van der Waals surface area (Å²) in [5.41, 5.74) is 2.68. The van der Waals surface area contributed by atoms with Crippen molar-refractivity contribution in [3.05, 3.63) is 59.1 Å². The van der Waals surface area contributed by atoms with Crippen LogP contribution in [0.3, 0.4) is 0 Å². The van der Waals surface area contributed by atoms with Gasteiger partial charge in [0.1, 0.15) is 6.04 Å². The Morgan fingerprint density at radius 3 is 2.30 bits per heavy atom. The first kappa shape index (κ1) is 20.7. The van der Waals surface area contributed by atoms with Crippen molar-refractivity contribution in [1.29, 1.82) is 0 Å². The molecule has 0 spiro atoms. The van der Waals surface area contributed by atoms with Crippen molar-refractivity contribution in [3.63, 3.8) is 0 Å². The number of anilines is 2. The second kappa shape index (κ2) is 9.39. The van der Waals surface area contributed by atoms with Crippen LogP contribution in [0.5, 0.6) is 0 Å². The smallest absolute Gasteiger partial charge is 0.313 e. The summed E-state index contributed by atoms with van der Waals surface area (Å²) in [7, 11) is 8.01. The number of amides is 2. The van der Waals surface area contributed by atoms with Crippen molar-refractivity contribution in [2.24, 2.45) is 0 Å². The Hall–Kier alpha value is -2.57. The molecule has 3 N–H and O–H groups in total. The minimum Gasteiger partial charge on any atom is -0.378 e. The third-order valence-corrected chi connectivity index (χ3v) is 4.50. The van der Waals surface area contributed by atoms with Gasteiger partial charge in [-0.3, -0.25) is 9.59 Å². The molecule has 0 unspecified atom stereocenters. The van der Waals surface area contributed by atoms with Crippen LogP contribution in [0.4, 0.5) is 11.4 Å². The number of carbonyl (C=O) groups excluding carboxylic acids is 2. The molecule has 6 nitrogen and oxygen atoms in total. The van der Waals surface area contributed by atoms with Gasteiger partial charge in [-0.2, -0.15) is 0 Å². The second-order valence-corrected chi connectivity index (χ2v) is 7.23. The summed E-state index contributed by atoms with van der Waals surface area (Å²) in [4.78, 5) is 27.4. The largest absolute Gasteiger partial charge is 0.378 e. The van der Waals surface area contributed by atoms with Crippen molar-refractivity contribution < 1.29 is 14.5 Å². The van der Waals surface area contributed by atoms with Crippen molar-refractivity contribution >= 4 is 34.8 Å². The van der Waals surface area contributed by atoms with Gasteiger partial charge in [0.2, 0.25) is 0 Å². The topological polar surface area (TPSA) is 65.9 Å². The molecule has 0 aliphatic heterocycles. The lowest BCUT2D eigenvalue weighted by molar-refractivity contribution is -0.890. The molecule has 7 heteroatoms. The van der Waals surface area contributed by atoms with Crippen LogP contribution in [-0.2, 0) is 9.59 Å². The van der Waals surface area contributed by atoms with E-state index in [1.807, 2.05) is 57.4 Å². The zero-order valence-electron chi connectivity index (χ0n) is 16.0. The Bertz CT molecular complexity index is 791. The van der Waals surface area contributed by atoms with Crippen molar-refractivity contribution in [2.75, 3.05) is 45.0 Å². The van der Waals surface area contributed by atoms with Gasteiger partial charge in [0.15, 0.2) is 0 Å². The summed E-state index contributed by atoms with van der Waals surface area (Å²) in [5.74, 6) is -1.39. The number of hydrogen-bond donors (Lipinski definition) is 3. The molecule has 2 amide bonds. The Morgan fingerprint density at radius 1 is 1.07 bits per heavy atom. The van der Waals surface area contributed by atoms with E-state index in [0.29, 0.717) is 17.3 Å². The molecular formula is C20H26ClN4O2+. The Labute approximate surface area is 165 Å². The molecule has 0 saturated carbocycles. The van der Waals surface area contributed by atoms with E-state index in [1.54, 1.807) is 24.3 Å². The van der Waals surface area contributed by atoms with Gasteiger partial charge in [0.25, 0.3) is 0 Å². The number of quaternary nitrogens is 1. The number of halogens is 1. The standard InChI is InChI=1S/C20H25ClN4O2/c1-24(2)17-10-8-14(9-11-17)18(25(3)4)13-22-19(26)20(27)23-16-7-5-6-15(21)12-16/h5-12,18H,13H2,1-4H3,(H,22,26)(H,23,27)/p+1/t18-/m0/s1. The maximum Gasteiger partial charge on any atom is 0.313 e. The van der Waals surface area contributed by atoms with Crippen LogP contribution in [0.15, 0.2) is 48.5 Å². The molecule has 2 aromatic carbocycles. The fraction of sp³-hybridized carbons (Fsp3) is 0.300. The average molecular weight is 390 g/mol. The third kappa shape index (κ3) is 5.98. The normalized spacial score (nSPS) is 11.8. The SMILES string of the molecule is CN(C)c1ccc([C@H](CNC(=O)C(=O)Nc2cccc(Cl)c2)[NH+](C)C)cc1. The number of carbonyl (C=O) groups is 2. The number of hydrogen-bond acceptors (Lipinski definition) is 3. The van der Waals surface area contributed by atoms with E-state index in [1.165, 1.54) is 0 Å². The summed E-state index contributed by atoms with van der Waals surface area (Å²) < 4.78 is 0. The van der Waals surface area contributed by atoms with E-state index in [9.17, 15) is 9.59 Å². The lowest BCUT2D eigenvalue weighted by Gasteiger charge is -2.23. The first-order valence-electron chi connectivity index (χ1n) is 8.70. The van der Waals surface area contributed by atoms with Gasteiger partial charge in [-0.1, -0.05) is 29.8 Å². The molecule has 0 radical (unpaired) electrons. The minimum atomic E-state index is -0.715. The average Bonchev–Trinajstić information content (AvgIpc) is 2.61. The highest BCUT2D eigenvalue weighted by atomic mass is 35.5. The Balaban J connectivity index is 1.98. The third-order valence-electron chi connectivity index (χ3n) is 4.26. The van der Waals surface area contributed by atoms with Crippen LogP contribution in [0, 0.1) is 0 Å². The van der Waals surface area contributed by atoms with E-state index in [0.717, 1.165) is 16.2 Å². The molecule has 0 heterocycles. The van der Waals surface area contributed by atoms with Crippen LogP contribution >= 0.6 is 11.6 Å². The molecule has 144 valence electrons. The van der Waals surface area contributed by atoms with Gasteiger partial charge in [-0.25, -0.2) is 0 Å². The fourth-order valence-corrected chi connectivity index (χ4v) is 2.88. The highest BCUT2D eigenvalue weighted by molar-refractivity contribution is 6.39. The van der Waals surface area contributed by atoms with Gasteiger partial charge in [-0.05, 0) is 30.3 Å². The summed E-state index contributed by atoms with van der Waals surface area (Å²) in [6.07, 6.45) is 0. The van der Waals surface area contributed by atoms with Crippen LogP contribution in [0.1, 0.15) is 11.6 Å². The van der Waals surface area contributed by atoms with Gasteiger partial charge in [-0.15, -0.1) is 0 Å². The number of nitrogens with one attached hydrogen (secondary N) is 3. The zero-order valence-corrected chi connectivity index (χ0v) is 16.8. The highest BCUT2D eigenvalue weighted by Crippen LogP contribution is 2.16. The van der Waals surface area contributed by atoms with Gasteiger partial charge in [0, 0.05) is 36.1 Å². The molecule has 0 aliphatic carbocycles. The second-order valence-electron chi connectivity index (χ2n) is 6.79. The molecule has 0 fully saturated rings. The van der Waals surface area contributed by atoms with Gasteiger partial charge < -0.3 is 20.4 Å². The van der Waals surface area contributed by atoms with Crippen molar-refractivity contribution in [1.82, 2.24) is 5.32 Å². The van der Waals surface area contributed by atoms with Crippen molar-refractivity contribution in [3.8, 4) is 0 Å². The summed E-state index contributed by atoms with van der Waals surface area (Å²) in [5, 5.41) is 5.76. The highest BCUT2D eigenvalue weighted by Gasteiger charge is 2.21.